The normalized spacial score (nSPS) is 24.0. The van der Waals surface area contributed by atoms with Crippen LogP contribution >= 0.6 is 0 Å². The quantitative estimate of drug-likeness (QED) is 0.415. The van der Waals surface area contributed by atoms with E-state index in [1.807, 2.05) is 6.54 Å². The average molecular weight is 84.1 g/mol. The maximum atomic E-state index is 3.99. The molecule has 0 aromatic heterocycles. The van der Waals surface area contributed by atoms with Crippen LogP contribution in [0, 0.1) is 6.54 Å². The third-order valence-electron chi connectivity index (χ3n) is 0.782. The summed E-state index contributed by atoms with van der Waals surface area (Å²) in [6.07, 6.45) is 0. The molecule has 0 spiro atoms. The SMILES string of the molecule is [CH]1CNCC[N]1. The van der Waals surface area contributed by atoms with E-state index in [1.54, 1.807) is 0 Å². The first kappa shape index (κ1) is 4.09. The molecule has 1 aliphatic rings. The molecule has 0 bridgehead atoms. The smallest absolute Gasteiger partial charge is 0.0553 e. The molecule has 0 aromatic rings. The second kappa shape index (κ2) is 2.16. The van der Waals surface area contributed by atoms with Crippen molar-refractivity contribution in [1.82, 2.24) is 10.6 Å². The lowest BCUT2D eigenvalue weighted by Crippen LogP contribution is -2.31. The molecule has 1 aliphatic heterocycles. The van der Waals surface area contributed by atoms with Crippen LogP contribution in [-0.4, -0.2) is 19.6 Å². The number of nitrogens with zero attached hydrogens (tertiary/aromatic N) is 1. The summed E-state index contributed by atoms with van der Waals surface area (Å²) in [5, 5.41) is 7.12. The Morgan fingerprint density at radius 2 is 2.67 bits per heavy atom. The highest BCUT2D eigenvalue weighted by atomic mass is 15.0. The van der Waals surface area contributed by atoms with Crippen molar-refractivity contribution in [2.24, 2.45) is 0 Å². The Balaban J connectivity index is 2.00. The summed E-state index contributed by atoms with van der Waals surface area (Å²) in [5.41, 5.74) is 0. The van der Waals surface area contributed by atoms with E-state index in [-0.39, 0.29) is 0 Å². The minimum Gasteiger partial charge on any atom is -0.314 e. The van der Waals surface area contributed by atoms with Gasteiger partial charge in [0.15, 0.2) is 0 Å². The van der Waals surface area contributed by atoms with E-state index < -0.39 is 0 Å². The van der Waals surface area contributed by atoms with Crippen molar-refractivity contribution in [3.05, 3.63) is 6.54 Å². The third-order valence-corrected chi connectivity index (χ3v) is 0.782. The summed E-state index contributed by atoms with van der Waals surface area (Å²) in [6.45, 7) is 4.88. The van der Waals surface area contributed by atoms with E-state index in [0.29, 0.717) is 0 Å². The molecule has 2 nitrogen and oxygen atoms in total. The highest BCUT2D eigenvalue weighted by molar-refractivity contribution is 4.70. The summed E-state index contributed by atoms with van der Waals surface area (Å²) in [7, 11) is 0. The molecule has 6 heavy (non-hydrogen) atoms. The van der Waals surface area contributed by atoms with Gasteiger partial charge in [0.2, 0.25) is 0 Å². The molecule has 0 atom stereocenters. The van der Waals surface area contributed by atoms with Crippen LogP contribution in [0.25, 0.3) is 0 Å². The van der Waals surface area contributed by atoms with Crippen LogP contribution in [0.4, 0.5) is 0 Å². The van der Waals surface area contributed by atoms with Crippen molar-refractivity contribution in [2.75, 3.05) is 19.6 Å². The molecular weight excluding hydrogens is 76.1 g/mol. The van der Waals surface area contributed by atoms with Gasteiger partial charge in [-0.25, -0.2) is 5.32 Å². The molecule has 0 saturated carbocycles. The Morgan fingerprint density at radius 3 is 2.83 bits per heavy atom. The first-order valence-corrected chi connectivity index (χ1v) is 2.19. The van der Waals surface area contributed by atoms with Gasteiger partial charge in [0.05, 0.1) is 6.54 Å². The van der Waals surface area contributed by atoms with E-state index >= 15 is 0 Å². The van der Waals surface area contributed by atoms with Crippen LogP contribution < -0.4 is 10.6 Å². The summed E-state index contributed by atoms with van der Waals surface area (Å²) in [5.74, 6) is 0. The summed E-state index contributed by atoms with van der Waals surface area (Å²) in [4.78, 5) is 0. The number of nitrogens with one attached hydrogen (secondary N) is 1. The van der Waals surface area contributed by atoms with Gasteiger partial charge in [-0.05, 0) is 0 Å². The van der Waals surface area contributed by atoms with E-state index in [1.165, 1.54) is 0 Å². The van der Waals surface area contributed by atoms with E-state index in [4.69, 9.17) is 0 Å². The van der Waals surface area contributed by atoms with Gasteiger partial charge in [0.25, 0.3) is 0 Å². The second-order valence-corrected chi connectivity index (χ2v) is 1.29. The molecule has 0 aliphatic carbocycles. The molecule has 1 rings (SSSR count). The Kier molecular flexibility index (Phi) is 1.47. The molecule has 0 unspecified atom stereocenters. The lowest BCUT2D eigenvalue weighted by Gasteiger charge is -2.08. The standard InChI is InChI=1S/C4H8N2/c1-2-6-4-3-5-1/h1,6H,2-4H2. The minimum absolute atomic E-state index is 0.958. The van der Waals surface area contributed by atoms with Crippen molar-refractivity contribution in [2.45, 2.75) is 0 Å². The summed E-state index contributed by atoms with van der Waals surface area (Å²) >= 11 is 0. The highest BCUT2D eigenvalue weighted by Gasteiger charge is 1.94. The van der Waals surface area contributed by atoms with Gasteiger partial charge in [-0.15, -0.1) is 0 Å². The van der Waals surface area contributed by atoms with Gasteiger partial charge in [0.1, 0.15) is 0 Å². The molecular formula is C4H8N2. The zero-order chi connectivity index (χ0) is 4.24. The molecule has 1 heterocycles. The Bertz CT molecular complexity index is 21.0. The van der Waals surface area contributed by atoms with Gasteiger partial charge in [-0.1, -0.05) is 0 Å². The molecule has 1 fully saturated rings. The maximum Gasteiger partial charge on any atom is 0.0553 e. The van der Waals surface area contributed by atoms with Crippen LogP contribution in [0.15, 0.2) is 0 Å². The number of rotatable bonds is 0. The minimum atomic E-state index is 0.958. The fourth-order valence-corrected chi connectivity index (χ4v) is 0.466. The number of hydrogen-bond donors (Lipinski definition) is 1. The Morgan fingerprint density at radius 1 is 1.67 bits per heavy atom. The zero-order valence-electron chi connectivity index (χ0n) is 3.65. The molecule has 1 saturated heterocycles. The first-order valence-electron chi connectivity index (χ1n) is 2.19. The predicted molar refractivity (Wildman–Crippen MR) is 24.2 cm³/mol. The summed E-state index contributed by atoms with van der Waals surface area (Å²) < 4.78 is 0. The highest BCUT2D eigenvalue weighted by Crippen LogP contribution is 1.74. The molecule has 0 aromatic carbocycles. The van der Waals surface area contributed by atoms with E-state index in [2.05, 4.69) is 10.6 Å². The maximum absolute atomic E-state index is 3.99. The topological polar surface area (TPSA) is 26.1 Å². The first-order chi connectivity index (χ1) is 3.00. The second-order valence-electron chi connectivity index (χ2n) is 1.29. The van der Waals surface area contributed by atoms with Crippen molar-refractivity contribution < 1.29 is 0 Å². The monoisotopic (exact) mass is 84.1 g/mol. The van der Waals surface area contributed by atoms with Crippen molar-refractivity contribution >= 4 is 0 Å². The third kappa shape index (κ3) is 0.954. The number of hydrogen-bond acceptors (Lipinski definition) is 1. The van der Waals surface area contributed by atoms with Gasteiger partial charge >= 0.3 is 0 Å². The van der Waals surface area contributed by atoms with Gasteiger partial charge in [-0.3, -0.25) is 0 Å². The Labute approximate surface area is 37.9 Å². The fourth-order valence-electron chi connectivity index (χ4n) is 0.466. The van der Waals surface area contributed by atoms with Gasteiger partial charge in [-0.2, -0.15) is 0 Å². The largest absolute Gasteiger partial charge is 0.314 e. The van der Waals surface area contributed by atoms with E-state index in [9.17, 15) is 0 Å². The fraction of sp³-hybridized carbons (Fsp3) is 0.750. The van der Waals surface area contributed by atoms with Crippen LogP contribution in [0.5, 0.6) is 0 Å². The van der Waals surface area contributed by atoms with Crippen molar-refractivity contribution in [1.29, 1.82) is 0 Å². The van der Waals surface area contributed by atoms with Crippen molar-refractivity contribution in [3.8, 4) is 0 Å². The van der Waals surface area contributed by atoms with Crippen LogP contribution in [0.2, 0.25) is 0 Å². The summed E-state index contributed by atoms with van der Waals surface area (Å²) in [6, 6.07) is 0. The molecule has 34 valence electrons. The van der Waals surface area contributed by atoms with Gasteiger partial charge in [0, 0.05) is 19.6 Å². The predicted octanol–water partition coefficient (Wildman–Crippen LogP) is -0.644. The lowest BCUT2D eigenvalue weighted by atomic mass is 10.4. The molecule has 2 heteroatoms. The zero-order valence-corrected chi connectivity index (χ0v) is 3.65. The van der Waals surface area contributed by atoms with Crippen molar-refractivity contribution in [3.63, 3.8) is 0 Å². The molecule has 2 radical (unpaired) electrons. The Hall–Kier alpha value is -0.0800. The van der Waals surface area contributed by atoms with Gasteiger partial charge < -0.3 is 5.32 Å². The van der Waals surface area contributed by atoms with Crippen LogP contribution in [-0.2, 0) is 0 Å². The molecule has 0 amide bonds. The average Bonchev–Trinajstić information content (AvgIpc) is 1.72. The van der Waals surface area contributed by atoms with E-state index in [0.717, 1.165) is 19.6 Å². The molecule has 1 N–H and O–H groups in total. The van der Waals surface area contributed by atoms with Crippen LogP contribution in [0.3, 0.4) is 0 Å². The van der Waals surface area contributed by atoms with Crippen LogP contribution in [0.1, 0.15) is 0 Å². The number of piperazine rings is 1. The lowest BCUT2D eigenvalue weighted by molar-refractivity contribution is 0.584.